The molecule has 2 N–H and O–H groups in total. The minimum Gasteiger partial charge on any atom is -0.463 e. The number of hydrogen-bond donors (Lipinski definition) is 2. The van der Waals surface area contributed by atoms with Crippen molar-refractivity contribution in [1.29, 1.82) is 0 Å². The van der Waals surface area contributed by atoms with Gasteiger partial charge in [0.25, 0.3) is 0 Å². The number of methoxy groups -OCH3 is 1. The van der Waals surface area contributed by atoms with Crippen molar-refractivity contribution in [3.05, 3.63) is 42.1 Å². The Labute approximate surface area is 312 Å². The molecule has 2 saturated heterocycles. The number of ether oxygens (including phenoxy) is 4. The van der Waals surface area contributed by atoms with E-state index in [0.717, 1.165) is 61.9 Å². The predicted molar refractivity (Wildman–Crippen MR) is 204 cm³/mol. The zero-order chi connectivity index (χ0) is 38.2. The van der Waals surface area contributed by atoms with Crippen molar-refractivity contribution in [3.63, 3.8) is 0 Å². The second-order valence-corrected chi connectivity index (χ2v) is 16.3. The Bertz CT molecular complexity index is 1460. The average Bonchev–Trinajstić information content (AvgIpc) is 3.11. The Kier molecular flexibility index (Phi) is 15.2. The lowest BCUT2D eigenvalue weighted by atomic mass is 9.74. The van der Waals surface area contributed by atoms with Crippen molar-refractivity contribution in [1.82, 2.24) is 20.1 Å². The molecule has 1 aromatic carbocycles. The number of para-hydroxylation sites is 1. The van der Waals surface area contributed by atoms with Gasteiger partial charge >= 0.3 is 5.97 Å². The van der Waals surface area contributed by atoms with Crippen LogP contribution in [-0.4, -0.2) is 121 Å². The molecule has 11 nitrogen and oxygen atoms in total. The van der Waals surface area contributed by atoms with Gasteiger partial charge in [-0.15, -0.1) is 0 Å². The van der Waals surface area contributed by atoms with Crippen molar-refractivity contribution in [3.8, 4) is 0 Å². The zero-order valence-corrected chi connectivity index (χ0v) is 33.4. The van der Waals surface area contributed by atoms with Gasteiger partial charge in [-0.25, -0.2) is 0 Å². The fourth-order valence-electron chi connectivity index (χ4n) is 8.21. The molecule has 9 atom stereocenters. The van der Waals surface area contributed by atoms with Gasteiger partial charge in [0.15, 0.2) is 12.1 Å². The fraction of sp³-hybridized carbons (Fsp3) is 0.732. The first kappa shape index (κ1) is 42.2. The summed E-state index contributed by atoms with van der Waals surface area (Å²) in [5.41, 5.74) is -0.245. The van der Waals surface area contributed by atoms with Crippen LogP contribution in [-0.2, 0) is 35.1 Å². The summed E-state index contributed by atoms with van der Waals surface area (Å²) in [6, 6.07) is 10.1. The third-order valence-electron chi connectivity index (χ3n) is 11.2. The lowest BCUT2D eigenvalue weighted by Crippen LogP contribution is -2.59. The quantitative estimate of drug-likeness (QED) is 0.170. The second kappa shape index (κ2) is 18.7. The normalized spacial score (nSPS) is 32.6. The molecule has 0 aliphatic carbocycles. The van der Waals surface area contributed by atoms with E-state index >= 15 is 0 Å². The van der Waals surface area contributed by atoms with E-state index < -0.39 is 41.4 Å². The van der Waals surface area contributed by atoms with E-state index in [4.69, 9.17) is 18.9 Å². The molecule has 4 unspecified atom stereocenters. The number of likely N-dealkylation sites (N-methyl/N-ethyl adjacent to an activating group) is 1. The first-order valence-corrected chi connectivity index (χ1v) is 19.3. The smallest absolute Gasteiger partial charge is 0.319 e. The van der Waals surface area contributed by atoms with E-state index in [0.29, 0.717) is 12.8 Å². The molecule has 4 rings (SSSR count). The molecule has 2 fully saturated rings. The molecule has 0 spiro atoms. The minimum atomic E-state index is -1.43. The first-order chi connectivity index (χ1) is 24.6. The highest BCUT2D eigenvalue weighted by Gasteiger charge is 2.51. The number of nitrogens with zero attached hydrogens (tertiary/aromatic N) is 3. The maximum absolute atomic E-state index is 14.3. The third kappa shape index (κ3) is 10.4. The number of pyridine rings is 1. The van der Waals surface area contributed by atoms with Gasteiger partial charge in [0, 0.05) is 49.8 Å². The van der Waals surface area contributed by atoms with Gasteiger partial charge in [0.2, 0.25) is 0 Å². The standard InChI is InChI=1S/C41H66N4O7/c1-11-19-45-25-27(2)22-41(7,49-10)37(52-38-35(46)34(44(8)9)20-28(3)51-38)29(4)36(47)40(5,6)39(48)50-26-32(45)16-14-18-42-23-30-21-31-15-12-13-17-33(31)43-24-30/h12-13,15,17,21,24,27-29,32,34-35,37-38,42,46H,11,14,16,18-20,22-23,25-26H2,1-10H3/t27?,28-,29?,32-,34+,35-,37?,38+,41?/m1/s1. The fourth-order valence-corrected chi connectivity index (χ4v) is 8.21. The number of carbonyl (C=O) groups is 2. The number of fused-ring (bicyclic) bond motifs is 1. The molecule has 1 aromatic heterocycles. The summed E-state index contributed by atoms with van der Waals surface area (Å²) in [5.74, 6) is -1.47. The number of aromatic nitrogens is 1. The third-order valence-corrected chi connectivity index (χ3v) is 11.2. The van der Waals surface area contributed by atoms with E-state index in [2.05, 4.69) is 41.2 Å². The molecule has 2 aliphatic rings. The van der Waals surface area contributed by atoms with E-state index in [1.807, 2.05) is 57.2 Å². The number of esters is 1. The van der Waals surface area contributed by atoms with Gasteiger partial charge in [-0.1, -0.05) is 39.0 Å². The highest BCUT2D eigenvalue weighted by Crippen LogP contribution is 2.38. The molecular weight excluding hydrogens is 660 g/mol. The summed E-state index contributed by atoms with van der Waals surface area (Å²) in [4.78, 5) is 37.2. The van der Waals surface area contributed by atoms with Gasteiger partial charge in [0.1, 0.15) is 18.1 Å². The molecule has 292 valence electrons. The van der Waals surface area contributed by atoms with E-state index in [9.17, 15) is 14.7 Å². The van der Waals surface area contributed by atoms with Gasteiger partial charge < -0.3 is 34.3 Å². The second-order valence-electron chi connectivity index (χ2n) is 16.3. The first-order valence-electron chi connectivity index (χ1n) is 19.3. The number of Topliss-reactive ketones (excluding diaryl/α,β-unsaturated/α-hetero) is 1. The number of aliphatic hydroxyl groups excluding tert-OH is 1. The van der Waals surface area contributed by atoms with E-state index in [1.54, 1.807) is 27.9 Å². The van der Waals surface area contributed by atoms with Crippen molar-refractivity contribution >= 4 is 22.7 Å². The Morgan fingerprint density at radius 1 is 1.13 bits per heavy atom. The minimum absolute atomic E-state index is 0.0179. The number of rotatable bonds is 12. The molecule has 0 saturated carbocycles. The number of carbonyl (C=O) groups excluding carboxylic acids is 2. The number of ketones is 1. The van der Waals surface area contributed by atoms with Crippen LogP contribution < -0.4 is 5.32 Å². The van der Waals surface area contributed by atoms with Crippen LogP contribution in [0.15, 0.2) is 36.5 Å². The summed E-state index contributed by atoms with van der Waals surface area (Å²) in [7, 11) is 5.51. The Morgan fingerprint density at radius 3 is 2.56 bits per heavy atom. The van der Waals surface area contributed by atoms with Crippen LogP contribution in [0.25, 0.3) is 10.9 Å². The summed E-state index contributed by atoms with van der Waals surface area (Å²) in [6.45, 7) is 16.7. The highest BCUT2D eigenvalue weighted by molar-refractivity contribution is 6.04. The van der Waals surface area contributed by atoms with Crippen LogP contribution in [0.2, 0.25) is 0 Å². The molecule has 0 radical (unpaired) electrons. The molecule has 2 aliphatic heterocycles. The van der Waals surface area contributed by atoms with Crippen molar-refractivity contribution in [2.24, 2.45) is 17.3 Å². The van der Waals surface area contributed by atoms with Crippen LogP contribution in [0.3, 0.4) is 0 Å². The Hall–Kier alpha value is -2.51. The number of aliphatic hydroxyl groups is 1. The van der Waals surface area contributed by atoms with Gasteiger partial charge in [0.05, 0.1) is 23.3 Å². The number of benzene rings is 1. The Balaban J connectivity index is 1.54. The molecule has 0 amide bonds. The molecule has 0 bridgehead atoms. The van der Waals surface area contributed by atoms with E-state index in [-0.39, 0.29) is 36.5 Å². The highest BCUT2D eigenvalue weighted by atomic mass is 16.7. The van der Waals surface area contributed by atoms with Gasteiger partial charge in [-0.05, 0) is 111 Å². The molecular formula is C41H66N4O7. The molecule has 3 heterocycles. The topological polar surface area (TPSA) is 123 Å². The maximum Gasteiger partial charge on any atom is 0.319 e. The van der Waals surface area contributed by atoms with Crippen molar-refractivity contribution < 1.29 is 33.6 Å². The number of cyclic esters (lactones) is 1. The SMILES string of the molecule is CCCN1CC(C)CC(C)(OC)C(O[C@@H]2O[C@H](C)C[C@H](N(C)C)[C@H]2O)C(C)C(=O)C(C)(C)C(=O)OC[C@H]1CCCNCc1cnc2ccccc2c1. The summed E-state index contributed by atoms with van der Waals surface area (Å²) in [6.07, 6.45) is 2.93. The van der Waals surface area contributed by atoms with E-state index in [1.165, 1.54) is 0 Å². The van der Waals surface area contributed by atoms with Crippen molar-refractivity contribution in [2.45, 2.75) is 129 Å². The lowest BCUT2D eigenvalue weighted by Gasteiger charge is -2.47. The summed E-state index contributed by atoms with van der Waals surface area (Å²) >= 11 is 0. The van der Waals surface area contributed by atoms with Crippen LogP contribution >= 0.6 is 0 Å². The zero-order valence-electron chi connectivity index (χ0n) is 33.4. The van der Waals surface area contributed by atoms with Gasteiger partial charge in [-0.3, -0.25) is 19.5 Å². The Morgan fingerprint density at radius 2 is 1.87 bits per heavy atom. The van der Waals surface area contributed by atoms with Crippen LogP contribution in [0.1, 0.15) is 86.1 Å². The van der Waals surface area contributed by atoms with Crippen LogP contribution in [0.5, 0.6) is 0 Å². The van der Waals surface area contributed by atoms with Gasteiger partial charge in [-0.2, -0.15) is 0 Å². The van der Waals surface area contributed by atoms with Crippen LogP contribution in [0.4, 0.5) is 0 Å². The molecule has 52 heavy (non-hydrogen) atoms. The predicted octanol–water partition coefficient (Wildman–Crippen LogP) is 5.22. The monoisotopic (exact) mass is 726 g/mol. The summed E-state index contributed by atoms with van der Waals surface area (Å²) < 4.78 is 25.2. The van der Waals surface area contributed by atoms with Crippen LogP contribution in [0, 0.1) is 17.3 Å². The number of nitrogens with one attached hydrogen (secondary N) is 1. The number of hydrogen-bond acceptors (Lipinski definition) is 11. The average molecular weight is 727 g/mol. The molecule has 11 heteroatoms. The maximum atomic E-state index is 14.3. The lowest BCUT2D eigenvalue weighted by molar-refractivity contribution is -0.295. The largest absolute Gasteiger partial charge is 0.463 e. The van der Waals surface area contributed by atoms with Crippen molar-refractivity contribution in [2.75, 3.05) is 47.4 Å². The molecule has 2 aromatic rings. The summed E-state index contributed by atoms with van der Waals surface area (Å²) in [5, 5.41) is 16.1.